The minimum atomic E-state index is 0.632. The molecule has 14 nitrogen and oxygen atoms in total. The van der Waals surface area contributed by atoms with Crippen molar-refractivity contribution < 1.29 is 0 Å². The molecule has 12 bridgehead atoms. The van der Waals surface area contributed by atoms with E-state index >= 15 is 0 Å². The van der Waals surface area contributed by atoms with E-state index in [1.807, 2.05) is 64.6 Å². The summed E-state index contributed by atoms with van der Waals surface area (Å²) < 4.78 is 0. The zero-order chi connectivity index (χ0) is 31.6. The first-order valence-electron chi connectivity index (χ1n) is 14.6. The summed E-state index contributed by atoms with van der Waals surface area (Å²) in [6.07, 6.45) is 1.59. The zero-order valence-electron chi connectivity index (χ0n) is 25.6. The van der Waals surface area contributed by atoms with E-state index < -0.39 is 0 Å². The molecule has 0 radical (unpaired) electrons. The van der Waals surface area contributed by atoms with Gasteiger partial charge in [-0.1, -0.05) is 12.1 Å². The van der Waals surface area contributed by atoms with Gasteiger partial charge in [0.1, 0.15) is 0 Å². The predicted molar refractivity (Wildman–Crippen MR) is 194 cm³/mol. The Morgan fingerprint density at radius 1 is 0.435 bits per heavy atom. The number of hydrogen-bond donors (Lipinski definition) is 0. The van der Waals surface area contributed by atoms with Crippen LogP contribution in [0, 0.1) is 0 Å². The van der Waals surface area contributed by atoms with Crippen molar-refractivity contribution in [2.75, 3.05) is 54.4 Å². The number of fused-ring (bicyclic) bond motifs is 16. The van der Waals surface area contributed by atoms with E-state index in [1.54, 1.807) is 20.0 Å². The third-order valence-electron chi connectivity index (χ3n) is 6.82. The fourth-order valence-electron chi connectivity index (χ4n) is 4.55. The molecule has 2 aromatic heterocycles. The minimum absolute atomic E-state index is 0.632. The Balaban J connectivity index is 1.12. The SMILES string of the molecule is CN1N=C2SC1=NCCCN=C1SC(=NN1C)c1cccc(n1)C1=NN(C)C(=NCCCN=C3SC(=NN3C)c3cccc2n3)S1. The van der Waals surface area contributed by atoms with Gasteiger partial charge < -0.3 is 0 Å². The maximum absolute atomic E-state index is 4.89. The fraction of sp³-hybridized carbons (Fsp3) is 0.357. The van der Waals surface area contributed by atoms with Crippen LogP contribution in [0.15, 0.2) is 76.8 Å². The Bertz CT molecular complexity index is 1550. The molecular weight excluding hydrogens is 661 g/mol. The van der Waals surface area contributed by atoms with Crippen LogP contribution < -0.4 is 0 Å². The van der Waals surface area contributed by atoms with Gasteiger partial charge in [0.25, 0.3) is 0 Å². The van der Waals surface area contributed by atoms with Gasteiger partial charge in [0.2, 0.25) is 0 Å². The second-order valence-electron chi connectivity index (χ2n) is 10.3. The maximum Gasteiger partial charge on any atom is 0.186 e. The van der Waals surface area contributed by atoms with E-state index in [0.717, 1.165) is 76.5 Å². The van der Waals surface area contributed by atoms with E-state index in [0.29, 0.717) is 26.2 Å². The quantitative estimate of drug-likeness (QED) is 0.402. The molecule has 18 heteroatoms. The number of thioether (sulfide) groups is 4. The van der Waals surface area contributed by atoms with Crippen LogP contribution in [0.1, 0.15) is 35.6 Å². The summed E-state index contributed by atoms with van der Waals surface area (Å²) in [5.41, 5.74) is 3.14. The van der Waals surface area contributed by atoms with E-state index in [-0.39, 0.29) is 0 Å². The van der Waals surface area contributed by atoms with Crippen LogP contribution in [0.5, 0.6) is 0 Å². The summed E-state index contributed by atoms with van der Waals surface area (Å²) in [5.74, 6) is 0. The minimum Gasteiger partial charge on any atom is -0.261 e. The Labute approximate surface area is 283 Å². The van der Waals surface area contributed by atoms with Gasteiger partial charge >= 0.3 is 0 Å². The zero-order valence-corrected chi connectivity index (χ0v) is 28.9. The van der Waals surface area contributed by atoms with Crippen molar-refractivity contribution in [1.29, 1.82) is 0 Å². The van der Waals surface area contributed by atoms with E-state index in [1.165, 1.54) is 47.0 Å². The fourth-order valence-corrected chi connectivity index (χ4v) is 8.08. The summed E-state index contributed by atoms with van der Waals surface area (Å²) in [7, 11) is 7.63. The first kappa shape index (κ1) is 30.9. The van der Waals surface area contributed by atoms with Crippen molar-refractivity contribution in [3.63, 3.8) is 0 Å². The lowest BCUT2D eigenvalue weighted by Crippen LogP contribution is -2.14. The van der Waals surface area contributed by atoms with Crippen LogP contribution in [-0.2, 0) is 0 Å². The number of rotatable bonds is 0. The second kappa shape index (κ2) is 13.5. The molecule has 5 aliphatic rings. The lowest BCUT2D eigenvalue weighted by Gasteiger charge is -2.07. The highest BCUT2D eigenvalue weighted by atomic mass is 32.2. The van der Waals surface area contributed by atoms with Gasteiger partial charge in [-0.25, -0.2) is 30.0 Å². The Hall–Kier alpha value is -3.74. The Kier molecular flexibility index (Phi) is 9.10. The molecule has 0 saturated carbocycles. The van der Waals surface area contributed by atoms with Crippen molar-refractivity contribution in [3.8, 4) is 0 Å². The van der Waals surface area contributed by atoms with Crippen molar-refractivity contribution in [2.45, 2.75) is 12.8 Å². The molecule has 236 valence electrons. The maximum atomic E-state index is 4.89. The lowest BCUT2D eigenvalue weighted by atomic mass is 10.3. The molecule has 7 rings (SSSR count). The summed E-state index contributed by atoms with van der Waals surface area (Å²) >= 11 is 6.08. The first-order chi connectivity index (χ1) is 22.4. The summed E-state index contributed by atoms with van der Waals surface area (Å²) in [4.78, 5) is 29.0. The van der Waals surface area contributed by atoms with Crippen LogP contribution in [-0.4, -0.2) is 125 Å². The van der Waals surface area contributed by atoms with Gasteiger partial charge in [-0.3, -0.25) is 20.0 Å². The number of aliphatic imine (C=N–C) groups is 4. The highest BCUT2D eigenvalue weighted by Gasteiger charge is 2.27. The molecular formula is C28H30N14S4. The first-order valence-corrected chi connectivity index (χ1v) is 17.8. The normalized spacial score (nSPS) is 20.6. The van der Waals surface area contributed by atoms with Crippen LogP contribution in [0.3, 0.4) is 0 Å². The van der Waals surface area contributed by atoms with Crippen LogP contribution in [0.4, 0.5) is 0 Å². The molecule has 0 amide bonds. The largest absolute Gasteiger partial charge is 0.261 e. The van der Waals surface area contributed by atoms with E-state index in [9.17, 15) is 0 Å². The van der Waals surface area contributed by atoms with Crippen LogP contribution >= 0.6 is 47.0 Å². The highest BCUT2D eigenvalue weighted by molar-refractivity contribution is 8.28. The molecule has 7 heterocycles. The molecule has 5 aliphatic heterocycles. The van der Waals surface area contributed by atoms with Crippen molar-refractivity contribution in [1.82, 2.24) is 30.0 Å². The van der Waals surface area contributed by atoms with Crippen molar-refractivity contribution in [3.05, 3.63) is 59.2 Å². The molecule has 0 unspecified atom stereocenters. The lowest BCUT2D eigenvalue weighted by molar-refractivity contribution is 0.556. The molecule has 0 saturated heterocycles. The smallest absolute Gasteiger partial charge is 0.186 e. The average Bonchev–Trinajstić information content (AvgIpc) is 3.83. The topological polar surface area (TPSA) is 138 Å². The molecule has 0 aromatic carbocycles. The third kappa shape index (κ3) is 6.70. The predicted octanol–water partition coefficient (Wildman–Crippen LogP) is 3.76. The number of hydrazone groups is 4. The Morgan fingerprint density at radius 2 is 0.696 bits per heavy atom. The summed E-state index contributed by atoms with van der Waals surface area (Å²) in [6, 6.07) is 11.8. The number of pyridine rings is 2. The van der Waals surface area contributed by atoms with Crippen molar-refractivity contribution in [2.24, 2.45) is 40.4 Å². The van der Waals surface area contributed by atoms with E-state index in [2.05, 4.69) is 0 Å². The third-order valence-corrected chi connectivity index (χ3v) is 11.1. The van der Waals surface area contributed by atoms with Crippen molar-refractivity contribution >= 4 is 87.9 Å². The number of hydrogen-bond acceptors (Lipinski definition) is 18. The number of aromatic nitrogens is 2. The van der Waals surface area contributed by atoms with E-state index in [4.69, 9.17) is 50.3 Å². The average molecular weight is 691 g/mol. The van der Waals surface area contributed by atoms with Gasteiger partial charge in [-0.2, -0.15) is 20.4 Å². The standard InChI is InChI=1S/C28H30N14S4/c1-39-25-29-13-7-14-30-26-40(2)37-23(45-26)19-11-6-12-20(34-19)24-38-42(4)28(46-24)32-16-8-15-31-27-41(3)36-22(44-27)18-10-5-9-17(33-18)21(35-39)43-25/h5-6,9-12H,7-8,13-16H2,1-4H3. The van der Waals surface area contributed by atoms with Gasteiger partial charge in [-0.15, -0.1) is 0 Å². The summed E-state index contributed by atoms with van der Waals surface area (Å²) in [6.45, 7) is 2.53. The van der Waals surface area contributed by atoms with Gasteiger partial charge in [0.15, 0.2) is 40.8 Å². The molecule has 2 aromatic rings. The van der Waals surface area contributed by atoms with Crippen LogP contribution in [0.25, 0.3) is 0 Å². The molecule has 46 heavy (non-hydrogen) atoms. The van der Waals surface area contributed by atoms with Crippen LogP contribution in [0.2, 0.25) is 0 Å². The van der Waals surface area contributed by atoms with Gasteiger partial charge in [0.05, 0.1) is 22.8 Å². The molecule has 0 atom stereocenters. The molecule has 0 N–H and O–H groups in total. The Morgan fingerprint density at radius 3 is 0.957 bits per heavy atom. The van der Waals surface area contributed by atoms with Gasteiger partial charge in [-0.05, 0) is 84.2 Å². The van der Waals surface area contributed by atoms with Gasteiger partial charge in [0, 0.05) is 54.4 Å². The number of amidine groups is 4. The monoisotopic (exact) mass is 690 g/mol. The number of nitrogens with zero attached hydrogens (tertiary/aromatic N) is 14. The second-order valence-corrected chi connectivity index (χ2v) is 14.1. The molecule has 0 fully saturated rings. The molecule has 0 aliphatic carbocycles. The summed E-state index contributed by atoms with van der Waals surface area (Å²) in [5, 5.41) is 32.6. The molecule has 0 spiro atoms. The highest BCUT2D eigenvalue weighted by Crippen LogP contribution is 2.29.